The maximum Gasteiger partial charge on any atom is 0.329 e. The number of carbonyl (C=O) groups is 2. The summed E-state index contributed by atoms with van der Waals surface area (Å²) < 4.78 is 12.1. The number of carbonyl (C=O) groups excluding carboxylic acids is 2. The molecule has 0 aliphatic heterocycles. The van der Waals surface area contributed by atoms with Crippen molar-refractivity contribution >= 4 is 29.2 Å². The van der Waals surface area contributed by atoms with Crippen molar-refractivity contribution in [3.63, 3.8) is 0 Å². The Kier molecular flexibility index (Phi) is 7.22. The standard InChI is InChI=1S/C21H22ClN5O4/c1-21(20(29)30-2,12-31-16-6-4-3-5-7-16)24-11-19(28)26-17-10-15(22)8-9-18(17)27-14-23-13-25-27/h3-10,13-14,24H,11-12H2,1-2H3,(H,26,28). The van der Waals surface area contributed by atoms with E-state index in [2.05, 4.69) is 20.7 Å². The number of para-hydroxylation sites is 1. The summed E-state index contributed by atoms with van der Waals surface area (Å²) in [6, 6.07) is 14.1. The van der Waals surface area contributed by atoms with E-state index in [1.165, 1.54) is 24.4 Å². The minimum absolute atomic E-state index is 0.0294. The van der Waals surface area contributed by atoms with Gasteiger partial charge in [0, 0.05) is 5.02 Å². The lowest BCUT2D eigenvalue weighted by molar-refractivity contribution is -0.149. The Morgan fingerprint density at radius 1 is 1.19 bits per heavy atom. The second kappa shape index (κ2) is 10.1. The van der Waals surface area contributed by atoms with Gasteiger partial charge in [-0.1, -0.05) is 29.8 Å². The lowest BCUT2D eigenvalue weighted by atomic mass is 10.0. The number of rotatable bonds is 9. The van der Waals surface area contributed by atoms with Crippen LogP contribution in [0.2, 0.25) is 5.02 Å². The number of aromatic nitrogens is 3. The lowest BCUT2D eigenvalue weighted by Crippen LogP contribution is -2.56. The predicted molar refractivity (Wildman–Crippen MR) is 115 cm³/mol. The van der Waals surface area contributed by atoms with E-state index in [-0.39, 0.29) is 13.2 Å². The van der Waals surface area contributed by atoms with Crippen molar-refractivity contribution in [2.45, 2.75) is 12.5 Å². The number of amides is 1. The summed E-state index contributed by atoms with van der Waals surface area (Å²) >= 11 is 6.08. The van der Waals surface area contributed by atoms with Gasteiger partial charge in [-0.05, 0) is 37.3 Å². The van der Waals surface area contributed by atoms with E-state index in [0.29, 0.717) is 22.1 Å². The van der Waals surface area contributed by atoms with Gasteiger partial charge in [0.05, 0.1) is 25.0 Å². The van der Waals surface area contributed by atoms with Crippen LogP contribution in [0, 0.1) is 0 Å². The van der Waals surface area contributed by atoms with Crippen molar-refractivity contribution in [2.24, 2.45) is 0 Å². The van der Waals surface area contributed by atoms with Crippen LogP contribution in [0.1, 0.15) is 6.92 Å². The van der Waals surface area contributed by atoms with Crippen LogP contribution in [0.15, 0.2) is 61.2 Å². The average Bonchev–Trinajstić information content (AvgIpc) is 3.31. The van der Waals surface area contributed by atoms with E-state index >= 15 is 0 Å². The highest BCUT2D eigenvalue weighted by molar-refractivity contribution is 6.31. The largest absolute Gasteiger partial charge is 0.491 e. The zero-order chi connectivity index (χ0) is 22.3. The molecule has 162 valence electrons. The van der Waals surface area contributed by atoms with Crippen LogP contribution in [0.3, 0.4) is 0 Å². The molecule has 0 bridgehead atoms. The Morgan fingerprint density at radius 2 is 1.97 bits per heavy atom. The molecule has 0 saturated heterocycles. The van der Waals surface area contributed by atoms with Crippen LogP contribution < -0.4 is 15.4 Å². The molecule has 0 aliphatic rings. The van der Waals surface area contributed by atoms with Gasteiger partial charge in [-0.15, -0.1) is 0 Å². The summed E-state index contributed by atoms with van der Waals surface area (Å²) in [5.74, 6) is -0.346. The number of ether oxygens (including phenoxy) is 2. The van der Waals surface area contributed by atoms with Gasteiger partial charge in [-0.2, -0.15) is 5.10 Å². The number of nitrogens with one attached hydrogen (secondary N) is 2. The van der Waals surface area contributed by atoms with Gasteiger partial charge < -0.3 is 14.8 Å². The number of esters is 1. The molecule has 10 heteroatoms. The Morgan fingerprint density at radius 3 is 2.65 bits per heavy atom. The molecule has 0 fully saturated rings. The smallest absolute Gasteiger partial charge is 0.329 e. The molecule has 3 rings (SSSR count). The molecule has 1 heterocycles. The quantitative estimate of drug-likeness (QED) is 0.489. The molecule has 0 aliphatic carbocycles. The fraction of sp³-hybridized carbons (Fsp3) is 0.238. The van der Waals surface area contributed by atoms with E-state index in [1.807, 2.05) is 18.2 Å². The molecule has 3 aromatic rings. The molecule has 0 radical (unpaired) electrons. The molecular weight excluding hydrogens is 422 g/mol. The molecule has 0 saturated carbocycles. The van der Waals surface area contributed by atoms with Gasteiger partial charge in [-0.3, -0.25) is 10.1 Å². The van der Waals surface area contributed by atoms with E-state index in [0.717, 1.165) is 0 Å². The van der Waals surface area contributed by atoms with Gasteiger partial charge in [0.2, 0.25) is 5.91 Å². The first-order valence-corrected chi connectivity index (χ1v) is 9.75. The normalized spacial score (nSPS) is 12.6. The third-order valence-electron chi connectivity index (χ3n) is 4.44. The Labute approximate surface area is 184 Å². The number of benzene rings is 2. The minimum Gasteiger partial charge on any atom is -0.491 e. The number of hydrogen-bond donors (Lipinski definition) is 2. The molecule has 1 aromatic heterocycles. The summed E-state index contributed by atoms with van der Waals surface area (Å²) in [7, 11) is 1.28. The van der Waals surface area contributed by atoms with Crippen molar-refractivity contribution in [3.05, 3.63) is 66.2 Å². The van der Waals surface area contributed by atoms with Gasteiger partial charge in [0.1, 0.15) is 30.5 Å². The van der Waals surface area contributed by atoms with Crippen molar-refractivity contribution in [1.29, 1.82) is 0 Å². The van der Waals surface area contributed by atoms with Crippen LogP contribution in [0.4, 0.5) is 5.69 Å². The van der Waals surface area contributed by atoms with Gasteiger partial charge in [-0.25, -0.2) is 14.5 Å². The van der Waals surface area contributed by atoms with Crippen molar-refractivity contribution < 1.29 is 19.1 Å². The monoisotopic (exact) mass is 443 g/mol. The summed E-state index contributed by atoms with van der Waals surface area (Å²) in [5, 5.41) is 10.2. The van der Waals surface area contributed by atoms with Crippen LogP contribution in [0.25, 0.3) is 5.69 Å². The van der Waals surface area contributed by atoms with Crippen LogP contribution in [-0.4, -0.2) is 52.4 Å². The maximum absolute atomic E-state index is 12.6. The average molecular weight is 444 g/mol. The van der Waals surface area contributed by atoms with E-state index < -0.39 is 17.4 Å². The third kappa shape index (κ3) is 5.80. The highest BCUT2D eigenvalue weighted by atomic mass is 35.5. The summed E-state index contributed by atoms with van der Waals surface area (Å²) in [6.07, 6.45) is 2.89. The molecule has 9 nitrogen and oxygen atoms in total. The van der Waals surface area contributed by atoms with E-state index in [1.54, 1.807) is 37.3 Å². The molecule has 1 amide bonds. The van der Waals surface area contributed by atoms with E-state index in [4.69, 9.17) is 21.1 Å². The first kappa shape index (κ1) is 22.3. The second-order valence-corrected chi connectivity index (χ2v) is 7.27. The Hall–Kier alpha value is -3.43. The van der Waals surface area contributed by atoms with Gasteiger partial charge in [0.25, 0.3) is 0 Å². The molecule has 0 spiro atoms. The Bertz CT molecular complexity index is 1030. The maximum atomic E-state index is 12.6. The number of halogens is 1. The van der Waals surface area contributed by atoms with Gasteiger partial charge in [0.15, 0.2) is 0 Å². The summed E-state index contributed by atoms with van der Waals surface area (Å²) in [4.78, 5) is 28.9. The zero-order valence-electron chi connectivity index (χ0n) is 17.0. The molecular formula is C21H22ClN5O4. The molecule has 2 aromatic carbocycles. The first-order valence-electron chi connectivity index (χ1n) is 9.37. The number of methoxy groups -OCH3 is 1. The summed E-state index contributed by atoms with van der Waals surface area (Å²) in [6.45, 7) is 1.40. The SMILES string of the molecule is COC(=O)C(C)(COc1ccccc1)NCC(=O)Nc1cc(Cl)ccc1-n1cncn1. The minimum atomic E-state index is -1.25. The fourth-order valence-electron chi connectivity index (χ4n) is 2.76. The highest BCUT2D eigenvalue weighted by Crippen LogP contribution is 2.24. The second-order valence-electron chi connectivity index (χ2n) is 6.83. The highest BCUT2D eigenvalue weighted by Gasteiger charge is 2.35. The van der Waals surface area contributed by atoms with Crippen molar-refractivity contribution in [3.8, 4) is 11.4 Å². The lowest BCUT2D eigenvalue weighted by Gasteiger charge is -2.27. The van der Waals surface area contributed by atoms with Crippen molar-refractivity contribution in [1.82, 2.24) is 20.1 Å². The molecule has 31 heavy (non-hydrogen) atoms. The van der Waals surface area contributed by atoms with Crippen LogP contribution >= 0.6 is 11.6 Å². The van der Waals surface area contributed by atoms with E-state index in [9.17, 15) is 9.59 Å². The van der Waals surface area contributed by atoms with Gasteiger partial charge >= 0.3 is 5.97 Å². The zero-order valence-corrected chi connectivity index (χ0v) is 17.8. The number of anilines is 1. The molecule has 1 atom stereocenters. The third-order valence-corrected chi connectivity index (χ3v) is 4.68. The van der Waals surface area contributed by atoms with Crippen LogP contribution in [-0.2, 0) is 14.3 Å². The topological polar surface area (TPSA) is 107 Å². The van der Waals surface area contributed by atoms with Crippen LogP contribution in [0.5, 0.6) is 5.75 Å². The number of hydrogen-bond acceptors (Lipinski definition) is 7. The summed E-state index contributed by atoms with van der Waals surface area (Å²) in [5.41, 5.74) is -0.200. The molecule has 2 N–H and O–H groups in total. The fourth-order valence-corrected chi connectivity index (χ4v) is 2.93. The Balaban J connectivity index is 1.67. The molecule has 1 unspecified atom stereocenters. The predicted octanol–water partition coefficient (Wildman–Crippen LogP) is 2.46. The first-order chi connectivity index (χ1) is 14.9. The van der Waals surface area contributed by atoms with Crippen molar-refractivity contribution in [2.75, 3.05) is 25.6 Å². The number of nitrogens with zero attached hydrogens (tertiary/aromatic N) is 3.